The molecule has 20 heavy (non-hydrogen) atoms. The van der Waals surface area contributed by atoms with Gasteiger partial charge in [0.15, 0.2) is 0 Å². The molecular formula is C17H23NO2. The molecule has 3 heteroatoms. The standard InChI is InChI=1S/C17H23NO2/c1-14(2)8-7-12-18-17(20)16-11-4-3-9-15(16)10-5-6-13-19/h3-4,9,11,14,19H,6-8,12-13H2,1-2H3,(H,18,20). The van der Waals surface area contributed by atoms with Crippen LogP contribution < -0.4 is 5.32 Å². The van der Waals surface area contributed by atoms with E-state index in [-0.39, 0.29) is 12.5 Å². The van der Waals surface area contributed by atoms with Crippen LogP contribution in [0.1, 0.15) is 49.0 Å². The van der Waals surface area contributed by atoms with Crippen molar-refractivity contribution < 1.29 is 9.90 Å². The van der Waals surface area contributed by atoms with Gasteiger partial charge in [0.05, 0.1) is 12.2 Å². The number of benzene rings is 1. The van der Waals surface area contributed by atoms with E-state index < -0.39 is 0 Å². The Morgan fingerprint density at radius 3 is 2.80 bits per heavy atom. The predicted octanol–water partition coefficient (Wildman–Crippen LogP) is 2.59. The molecule has 0 aliphatic carbocycles. The molecule has 2 N–H and O–H groups in total. The van der Waals surface area contributed by atoms with Crippen molar-refractivity contribution in [1.82, 2.24) is 5.32 Å². The highest BCUT2D eigenvalue weighted by atomic mass is 16.2. The lowest BCUT2D eigenvalue weighted by Crippen LogP contribution is -2.25. The summed E-state index contributed by atoms with van der Waals surface area (Å²) < 4.78 is 0. The number of carbonyl (C=O) groups is 1. The van der Waals surface area contributed by atoms with Crippen LogP contribution in [0.2, 0.25) is 0 Å². The summed E-state index contributed by atoms with van der Waals surface area (Å²) in [6.07, 6.45) is 2.52. The van der Waals surface area contributed by atoms with Gasteiger partial charge in [-0.3, -0.25) is 4.79 Å². The van der Waals surface area contributed by atoms with Gasteiger partial charge in [0.2, 0.25) is 0 Å². The molecule has 0 aliphatic heterocycles. The first kappa shape index (κ1) is 16.3. The lowest BCUT2D eigenvalue weighted by molar-refractivity contribution is 0.0952. The third kappa shape index (κ3) is 5.90. The van der Waals surface area contributed by atoms with Gasteiger partial charge in [-0.25, -0.2) is 0 Å². The molecule has 0 atom stereocenters. The molecule has 0 heterocycles. The molecule has 0 radical (unpaired) electrons. The summed E-state index contributed by atoms with van der Waals surface area (Å²) in [5.41, 5.74) is 1.31. The zero-order chi connectivity index (χ0) is 14.8. The van der Waals surface area contributed by atoms with E-state index in [2.05, 4.69) is 31.0 Å². The number of amides is 1. The van der Waals surface area contributed by atoms with Crippen LogP contribution in [0.5, 0.6) is 0 Å². The topological polar surface area (TPSA) is 49.3 Å². The molecule has 1 aromatic carbocycles. The summed E-state index contributed by atoms with van der Waals surface area (Å²) in [4.78, 5) is 12.1. The fourth-order valence-electron chi connectivity index (χ4n) is 1.81. The number of hydrogen-bond donors (Lipinski definition) is 2. The van der Waals surface area contributed by atoms with Gasteiger partial charge < -0.3 is 10.4 Å². The first-order valence-electron chi connectivity index (χ1n) is 7.12. The number of aliphatic hydroxyl groups is 1. The molecule has 0 aliphatic rings. The van der Waals surface area contributed by atoms with Crippen molar-refractivity contribution in [1.29, 1.82) is 0 Å². The molecule has 0 fully saturated rings. The second-order valence-corrected chi connectivity index (χ2v) is 5.11. The van der Waals surface area contributed by atoms with Crippen LogP contribution in [-0.4, -0.2) is 24.2 Å². The maximum absolute atomic E-state index is 12.1. The fourth-order valence-corrected chi connectivity index (χ4v) is 1.81. The van der Waals surface area contributed by atoms with Crippen LogP contribution in [0.15, 0.2) is 24.3 Å². The Kier molecular flexibility index (Phi) is 7.46. The summed E-state index contributed by atoms with van der Waals surface area (Å²) in [5, 5.41) is 11.7. The van der Waals surface area contributed by atoms with E-state index in [0.29, 0.717) is 30.0 Å². The van der Waals surface area contributed by atoms with Crippen molar-refractivity contribution in [2.75, 3.05) is 13.2 Å². The maximum atomic E-state index is 12.1. The summed E-state index contributed by atoms with van der Waals surface area (Å²) in [6, 6.07) is 7.30. The Labute approximate surface area is 121 Å². The average Bonchev–Trinajstić information content (AvgIpc) is 2.44. The van der Waals surface area contributed by atoms with E-state index >= 15 is 0 Å². The Hall–Kier alpha value is -1.79. The Morgan fingerprint density at radius 2 is 2.10 bits per heavy atom. The predicted molar refractivity (Wildman–Crippen MR) is 81.4 cm³/mol. The highest BCUT2D eigenvalue weighted by Crippen LogP contribution is 2.08. The van der Waals surface area contributed by atoms with Gasteiger partial charge in [-0.15, -0.1) is 0 Å². The van der Waals surface area contributed by atoms with E-state index in [4.69, 9.17) is 5.11 Å². The van der Waals surface area contributed by atoms with Crippen molar-refractivity contribution in [3.63, 3.8) is 0 Å². The van der Waals surface area contributed by atoms with E-state index in [9.17, 15) is 4.79 Å². The second-order valence-electron chi connectivity index (χ2n) is 5.11. The molecule has 1 aromatic rings. The molecule has 1 amide bonds. The monoisotopic (exact) mass is 273 g/mol. The molecule has 0 saturated heterocycles. The first-order valence-corrected chi connectivity index (χ1v) is 7.12. The average molecular weight is 273 g/mol. The molecule has 1 rings (SSSR count). The van der Waals surface area contributed by atoms with Crippen molar-refractivity contribution in [2.45, 2.75) is 33.1 Å². The molecule has 0 bridgehead atoms. The van der Waals surface area contributed by atoms with Gasteiger partial charge in [0.1, 0.15) is 0 Å². The van der Waals surface area contributed by atoms with E-state index in [1.165, 1.54) is 0 Å². The normalized spacial score (nSPS) is 10.0. The van der Waals surface area contributed by atoms with Gasteiger partial charge in [0.25, 0.3) is 5.91 Å². The Morgan fingerprint density at radius 1 is 1.35 bits per heavy atom. The van der Waals surface area contributed by atoms with E-state index in [0.717, 1.165) is 12.8 Å². The number of rotatable bonds is 6. The Bertz CT molecular complexity index is 483. The minimum absolute atomic E-state index is 0.0383. The van der Waals surface area contributed by atoms with Gasteiger partial charge in [-0.1, -0.05) is 37.8 Å². The van der Waals surface area contributed by atoms with E-state index in [1.54, 1.807) is 6.07 Å². The van der Waals surface area contributed by atoms with Crippen molar-refractivity contribution >= 4 is 5.91 Å². The summed E-state index contributed by atoms with van der Waals surface area (Å²) in [5.74, 6) is 6.36. The smallest absolute Gasteiger partial charge is 0.252 e. The number of nitrogens with one attached hydrogen (secondary N) is 1. The zero-order valence-electron chi connectivity index (χ0n) is 12.3. The van der Waals surface area contributed by atoms with Crippen molar-refractivity contribution in [3.8, 4) is 11.8 Å². The maximum Gasteiger partial charge on any atom is 0.252 e. The molecule has 0 spiro atoms. The minimum atomic E-state index is -0.0809. The summed E-state index contributed by atoms with van der Waals surface area (Å²) >= 11 is 0. The van der Waals surface area contributed by atoms with Crippen molar-refractivity contribution in [2.24, 2.45) is 5.92 Å². The largest absolute Gasteiger partial charge is 0.395 e. The lowest BCUT2D eigenvalue weighted by atomic mass is 10.1. The van der Waals surface area contributed by atoms with Crippen LogP contribution in [0.25, 0.3) is 0 Å². The number of carbonyl (C=O) groups excluding carboxylic acids is 1. The molecule has 0 aromatic heterocycles. The molecule has 108 valence electrons. The zero-order valence-corrected chi connectivity index (χ0v) is 12.3. The van der Waals surface area contributed by atoms with E-state index in [1.807, 2.05) is 18.2 Å². The molecule has 0 saturated carbocycles. The first-order chi connectivity index (χ1) is 9.65. The van der Waals surface area contributed by atoms with Crippen LogP contribution >= 0.6 is 0 Å². The Balaban J connectivity index is 2.61. The quantitative estimate of drug-likeness (QED) is 0.618. The molecule has 0 unspecified atom stereocenters. The van der Waals surface area contributed by atoms with Gasteiger partial charge in [-0.05, 0) is 30.9 Å². The van der Waals surface area contributed by atoms with Crippen LogP contribution in [0.3, 0.4) is 0 Å². The third-order valence-corrected chi connectivity index (χ3v) is 2.88. The lowest BCUT2D eigenvalue weighted by Gasteiger charge is -2.08. The van der Waals surface area contributed by atoms with Crippen LogP contribution in [0, 0.1) is 17.8 Å². The minimum Gasteiger partial charge on any atom is -0.395 e. The SMILES string of the molecule is CC(C)CCCNC(=O)c1ccccc1C#CCCO. The second kappa shape index (κ2) is 9.17. The van der Waals surface area contributed by atoms with Gasteiger partial charge in [0, 0.05) is 18.5 Å². The highest BCUT2D eigenvalue weighted by Gasteiger charge is 2.08. The van der Waals surface area contributed by atoms with Crippen LogP contribution in [0.4, 0.5) is 0 Å². The summed E-state index contributed by atoms with van der Waals surface area (Å²) in [7, 11) is 0. The highest BCUT2D eigenvalue weighted by molar-refractivity contribution is 5.96. The number of aliphatic hydroxyl groups excluding tert-OH is 1. The van der Waals surface area contributed by atoms with Gasteiger partial charge in [-0.2, -0.15) is 0 Å². The third-order valence-electron chi connectivity index (χ3n) is 2.88. The fraction of sp³-hybridized carbons (Fsp3) is 0.471. The van der Waals surface area contributed by atoms with Crippen molar-refractivity contribution in [3.05, 3.63) is 35.4 Å². The summed E-state index contributed by atoms with van der Waals surface area (Å²) in [6.45, 7) is 5.08. The van der Waals surface area contributed by atoms with Gasteiger partial charge >= 0.3 is 0 Å². The number of hydrogen-bond acceptors (Lipinski definition) is 2. The molecule has 3 nitrogen and oxygen atoms in total. The molecular weight excluding hydrogens is 250 g/mol. The van der Waals surface area contributed by atoms with Crippen LogP contribution in [-0.2, 0) is 0 Å².